The number of rotatable bonds is 5. The van der Waals surface area contributed by atoms with Crippen LogP contribution >= 0.6 is 15.9 Å². The van der Waals surface area contributed by atoms with Gasteiger partial charge in [-0.3, -0.25) is 0 Å². The molecule has 0 amide bonds. The molecule has 0 radical (unpaired) electrons. The molecule has 0 aromatic heterocycles. The lowest BCUT2D eigenvalue weighted by Gasteiger charge is -2.45. The molecule has 0 spiro atoms. The fraction of sp³-hybridized carbons (Fsp3) is 1.00. The molecule has 3 heteroatoms. The topological polar surface area (TPSA) is 9.23 Å². The van der Waals surface area contributed by atoms with Crippen molar-refractivity contribution in [2.24, 2.45) is 0 Å². The summed E-state index contributed by atoms with van der Waals surface area (Å²) in [6, 6.07) is 0. The van der Waals surface area contributed by atoms with Gasteiger partial charge in [-0.2, -0.15) is 0 Å². The molecule has 0 saturated heterocycles. The molecule has 0 aromatic carbocycles. The Bertz CT molecular complexity index is 223. The highest BCUT2D eigenvalue weighted by molar-refractivity contribution is 9.09. The Hall–Kier alpha value is 0.657. The molecular formula is C15H31BrOSi. The van der Waals surface area contributed by atoms with Crippen molar-refractivity contribution in [1.82, 2.24) is 0 Å². The Labute approximate surface area is 123 Å². The highest BCUT2D eigenvalue weighted by atomic mass is 79.9. The van der Waals surface area contributed by atoms with Gasteiger partial charge in [-0.25, -0.2) is 0 Å². The predicted octanol–water partition coefficient (Wildman–Crippen LogP) is 5.88. The molecule has 108 valence electrons. The van der Waals surface area contributed by atoms with Crippen LogP contribution in [0.4, 0.5) is 0 Å². The molecule has 0 atom stereocenters. The summed E-state index contributed by atoms with van der Waals surface area (Å²) in [6.07, 6.45) is 5.58. The van der Waals surface area contributed by atoms with E-state index in [1.54, 1.807) is 0 Å². The lowest BCUT2D eigenvalue weighted by molar-refractivity contribution is 0.134. The lowest BCUT2D eigenvalue weighted by Crippen LogP contribution is -2.50. The van der Waals surface area contributed by atoms with Crippen LogP contribution in [0.3, 0.4) is 0 Å². The highest BCUT2D eigenvalue weighted by Gasteiger charge is 2.46. The van der Waals surface area contributed by atoms with Crippen LogP contribution in [-0.4, -0.2) is 19.2 Å². The second-order valence-electron chi connectivity index (χ2n) is 6.81. The molecule has 0 aromatic rings. The number of halogens is 1. The molecule has 0 bridgehead atoms. The van der Waals surface area contributed by atoms with E-state index >= 15 is 0 Å². The molecule has 1 aliphatic rings. The van der Waals surface area contributed by atoms with Crippen LogP contribution < -0.4 is 0 Å². The van der Waals surface area contributed by atoms with Gasteiger partial charge in [-0.1, -0.05) is 57.5 Å². The zero-order valence-corrected chi connectivity index (χ0v) is 15.6. The van der Waals surface area contributed by atoms with Gasteiger partial charge in [0, 0.05) is 10.9 Å². The van der Waals surface area contributed by atoms with Crippen molar-refractivity contribution in [3.63, 3.8) is 0 Å². The smallest absolute Gasteiger partial charge is 0.200 e. The maximum absolute atomic E-state index is 6.83. The summed E-state index contributed by atoms with van der Waals surface area (Å²) in [6.45, 7) is 14.3. The molecule has 1 rings (SSSR count). The third kappa shape index (κ3) is 3.60. The second-order valence-corrected chi connectivity index (χ2v) is 13.5. The molecule has 0 unspecified atom stereocenters. The molecule has 18 heavy (non-hydrogen) atoms. The van der Waals surface area contributed by atoms with Crippen LogP contribution in [-0.2, 0) is 4.43 Å². The Morgan fingerprint density at radius 1 is 0.833 bits per heavy atom. The summed E-state index contributed by atoms with van der Waals surface area (Å²) in [5.74, 6) is 0. The van der Waals surface area contributed by atoms with Gasteiger partial charge in [0.15, 0.2) is 0 Å². The number of hydrogen-bond donors (Lipinski definition) is 0. The van der Waals surface area contributed by atoms with E-state index in [-0.39, 0.29) is 0 Å². The molecule has 0 aliphatic heterocycles. The Kier molecular flexibility index (Phi) is 6.40. The summed E-state index contributed by atoms with van der Waals surface area (Å²) < 4.78 is 6.83. The SMILES string of the molecule is CC(C)[Si](OC1CCC(Br)CC1)(C(C)C)C(C)C. The van der Waals surface area contributed by atoms with E-state index in [0.717, 1.165) is 4.83 Å². The first-order chi connectivity index (χ1) is 8.30. The minimum atomic E-state index is -1.65. The van der Waals surface area contributed by atoms with Gasteiger partial charge in [0.05, 0.1) is 0 Å². The van der Waals surface area contributed by atoms with Crippen molar-refractivity contribution in [2.75, 3.05) is 0 Å². The largest absolute Gasteiger partial charge is 0.413 e. The Morgan fingerprint density at radius 3 is 1.56 bits per heavy atom. The van der Waals surface area contributed by atoms with Gasteiger partial charge in [0.1, 0.15) is 0 Å². The number of alkyl halides is 1. The third-order valence-corrected chi connectivity index (χ3v) is 11.8. The molecule has 0 heterocycles. The van der Waals surface area contributed by atoms with Gasteiger partial charge in [0.2, 0.25) is 8.32 Å². The number of hydrogen-bond acceptors (Lipinski definition) is 1. The van der Waals surface area contributed by atoms with Crippen LogP contribution in [0.5, 0.6) is 0 Å². The Morgan fingerprint density at radius 2 is 1.22 bits per heavy atom. The van der Waals surface area contributed by atoms with Crippen LogP contribution in [0, 0.1) is 0 Å². The minimum absolute atomic E-state index is 0.526. The van der Waals surface area contributed by atoms with Gasteiger partial charge in [-0.05, 0) is 42.3 Å². The molecule has 1 nitrogen and oxygen atoms in total. The summed E-state index contributed by atoms with van der Waals surface area (Å²) in [5.41, 5.74) is 2.12. The van der Waals surface area contributed by atoms with Crippen LogP contribution in [0.1, 0.15) is 67.2 Å². The van der Waals surface area contributed by atoms with Crippen LogP contribution in [0.25, 0.3) is 0 Å². The average molecular weight is 335 g/mol. The minimum Gasteiger partial charge on any atom is -0.413 e. The summed E-state index contributed by atoms with van der Waals surface area (Å²) >= 11 is 3.74. The Balaban J connectivity index is 2.78. The van der Waals surface area contributed by atoms with Crippen molar-refractivity contribution in [3.05, 3.63) is 0 Å². The van der Waals surface area contributed by atoms with E-state index in [4.69, 9.17) is 4.43 Å². The van der Waals surface area contributed by atoms with E-state index < -0.39 is 8.32 Å². The van der Waals surface area contributed by atoms with Crippen molar-refractivity contribution >= 4 is 24.2 Å². The quantitative estimate of drug-likeness (QED) is 0.450. The van der Waals surface area contributed by atoms with Gasteiger partial charge < -0.3 is 4.43 Å². The molecule has 1 saturated carbocycles. The zero-order chi connectivity index (χ0) is 13.9. The zero-order valence-electron chi connectivity index (χ0n) is 13.0. The van der Waals surface area contributed by atoms with Crippen molar-refractivity contribution in [1.29, 1.82) is 0 Å². The molecule has 0 N–H and O–H groups in total. The normalized spacial score (nSPS) is 26.3. The van der Waals surface area contributed by atoms with E-state index in [0.29, 0.717) is 22.7 Å². The molecule has 1 fully saturated rings. The van der Waals surface area contributed by atoms with E-state index in [1.807, 2.05) is 0 Å². The maximum atomic E-state index is 6.83. The maximum Gasteiger partial charge on any atom is 0.200 e. The van der Waals surface area contributed by atoms with Crippen LogP contribution in [0.15, 0.2) is 0 Å². The van der Waals surface area contributed by atoms with E-state index in [2.05, 4.69) is 57.5 Å². The third-order valence-electron chi connectivity index (χ3n) is 4.68. The first kappa shape index (κ1) is 16.7. The first-order valence-corrected chi connectivity index (χ1v) is 10.7. The fourth-order valence-electron chi connectivity index (χ4n) is 3.84. The highest BCUT2D eigenvalue weighted by Crippen LogP contribution is 2.44. The fourth-order valence-corrected chi connectivity index (χ4v) is 10.00. The monoisotopic (exact) mass is 334 g/mol. The standard InChI is InChI=1S/C15H31BrOSi/c1-11(2)18(12(3)4,13(5)6)17-15-9-7-14(16)8-10-15/h11-15H,7-10H2,1-6H3. The summed E-state index contributed by atoms with van der Waals surface area (Å²) in [5, 5.41) is 0. The second kappa shape index (κ2) is 6.89. The predicted molar refractivity (Wildman–Crippen MR) is 87.1 cm³/mol. The van der Waals surface area contributed by atoms with Crippen molar-refractivity contribution < 1.29 is 4.43 Å². The first-order valence-electron chi connectivity index (χ1n) is 7.62. The molecular weight excluding hydrogens is 304 g/mol. The van der Waals surface area contributed by atoms with Crippen molar-refractivity contribution in [2.45, 2.75) is 94.8 Å². The van der Waals surface area contributed by atoms with E-state index in [1.165, 1.54) is 25.7 Å². The van der Waals surface area contributed by atoms with Gasteiger partial charge in [-0.15, -0.1) is 0 Å². The van der Waals surface area contributed by atoms with Crippen molar-refractivity contribution in [3.8, 4) is 0 Å². The molecule has 1 aliphatic carbocycles. The summed E-state index contributed by atoms with van der Waals surface area (Å²) in [7, 11) is -1.65. The van der Waals surface area contributed by atoms with E-state index in [9.17, 15) is 0 Å². The van der Waals surface area contributed by atoms with Crippen LogP contribution in [0.2, 0.25) is 16.6 Å². The van der Waals surface area contributed by atoms with Gasteiger partial charge in [0.25, 0.3) is 0 Å². The lowest BCUT2D eigenvalue weighted by atomic mass is 9.98. The van der Waals surface area contributed by atoms with Gasteiger partial charge >= 0.3 is 0 Å². The average Bonchev–Trinajstić information content (AvgIpc) is 2.26. The summed E-state index contributed by atoms with van der Waals surface area (Å²) in [4.78, 5) is 0.727.